The molecule has 3 N–H and O–H groups in total. The zero-order valence-electron chi connectivity index (χ0n) is 13.2. The van der Waals surface area contributed by atoms with Crippen LogP contribution in [0.15, 0.2) is 24.3 Å². The maximum Gasteiger partial charge on any atom is 0.314 e. The normalized spacial score (nSPS) is 21.2. The molecule has 0 aliphatic heterocycles. The van der Waals surface area contributed by atoms with Gasteiger partial charge >= 0.3 is 6.03 Å². The quantitative estimate of drug-likeness (QED) is 0.753. The Bertz CT molecular complexity index is 479. The van der Waals surface area contributed by atoms with Crippen LogP contribution in [-0.4, -0.2) is 37.4 Å². The molecule has 0 heterocycles. The van der Waals surface area contributed by atoms with E-state index in [4.69, 9.17) is 4.74 Å². The fourth-order valence-electron chi connectivity index (χ4n) is 2.90. The average Bonchev–Trinajstić information content (AvgIpc) is 2.53. The summed E-state index contributed by atoms with van der Waals surface area (Å²) in [4.78, 5) is 11.8. The Morgan fingerprint density at radius 1 is 1.36 bits per heavy atom. The number of carbonyl (C=O) groups is 1. The van der Waals surface area contributed by atoms with Crippen molar-refractivity contribution in [2.75, 3.05) is 20.2 Å². The lowest BCUT2D eigenvalue weighted by atomic mass is 9.87. The van der Waals surface area contributed by atoms with Crippen molar-refractivity contribution in [1.82, 2.24) is 10.6 Å². The maximum atomic E-state index is 11.8. The van der Waals surface area contributed by atoms with Crippen LogP contribution in [0.2, 0.25) is 0 Å². The van der Waals surface area contributed by atoms with E-state index in [1.807, 2.05) is 24.3 Å². The summed E-state index contributed by atoms with van der Waals surface area (Å²) in [6, 6.07) is 7.71. The number of nitrogens with one attached hydrogen (secondary N) is 2. The number of urea groups is 1. The van der Waals surface area contributed by atoms with Gasteiger partial charge in [-0.3, -0.25) is 0 Å². The first-order chi connectivity index (χ1) is 10.7. The van der Waals surface area contributed by atoms with E-state index < -0.39 is 0 Å². The molecule has 2 rings (SSSR count). The molecule has 1 saturated carbocycles. The predicted octanol–water partition coefficient (Wildman–Crippen LogP) is 2.09. The number of carbonyl (C=O) groups excluding carboxylic acids is 1. The van der Waals surface area contributed by atoms with Crippen LogP contribution in [-0.2, 0) is 6.42 Å². The molecule has 2 amide bonds. The Kier molecular flexibility index (Phi) is 6.52. The second-order valence-corrected chi connectivity index (χ2v) is 5.92. The number of methoxy groups -OCH3 is 1. The molecule has 5 heteroatoms. The zero-order chi connectivity index (χ0) is 15.8. The molecule has 2 atom stereocenters. The fraction of sp³-hybridized carbons (Fsp3) is 0.588. The largest absolute Gasteiger partial charge is 0.497 e. The van der Waals surface area contributed by atoms with Gasteiger partial charge in [-0.2, -0.15) is 0 Å². The van der Waals surface area contributed by atoms with Crippen molar-refractivity contribution >= 4 is 6.03 Å². The van der Waals surface area contributed by atoms with Crippen molar-refractivity contribution in [2.24, 2.45) is 5.92 Å². The van der Waals surface area contributed by atoms with E-state index in [1.54, 1.807) is 7.11 Å². The minimum Gasteiger partial charge on any atom is -0.497 e. The lowest BCUT2D eigenvalue weighted by molar-refractivity contribution is 0.101. The van der Waals surface area contributed by atoms with Crippen molar-refractivity contribution in [3.05, 3.63) is 29.8 Å². The van der Waals surface area contributed by atoms with Gasteiger partial charge in [-0.15, -0.1) is 0 Å². The summed E-state index contributed by atoms with van der Waals surface area (Å²) in [5.41, 5.74) is 1.13. The summed E-state index contributed by atoms with van der Waals surface area (Å²) in [5.74, 6) is 1.23. The topological polar surface area (TPSA) is 70.6 Å². The molecule has 1 aliphatic rings. The van der Waals surface area contributed by atoms with Crippen LogP contribution in [0, 0.1) is 5.92 Å². The van der Waals surface area contributed by atoms with E-state index in [0.717, 1.165) is 43.4 Å². The molecule has 122 valence electrons. The lowest BCUT2D eigenvalue weighted by Gasteiger charge is -2.25. The van der Waals surface area contributed by atoms with E-state index in [-0.39, 0.29) is 12.1 Å². The first-order valence-electron chi connectivity index (χ1n) is 8.00. The Labute approximate surface area is 132 Å². The molecule has 0 bridgehead atoms. The number of benzene rings is 1. The van der Waals surface area contributed by atoms with Gasteiger partial charge in [0.25, 0.3) is 0 Å². The summed E-state index contributed by atoms with van der Waals surface area (Å²) in [6.45, 7) is 1.23. The van der Waals surface area contributed by atoms with Gasteiger partial charge in [0, 0.05) is 13.1 Å². The molecular weight excluding hydrogens is 280 g/mol. The third-order valence-electron chi connectivity index (χ3n) is 4.14. The molecule has 5 nitrogen and oxygen atoms in total. The maximum absolute atomic E-state index is 11.8. The molecule has 0 saturated heterocycles. The van der Waals surface area contributed by atoms with Gasteiger partial charge in [0.05, 0.1) is 13.2 Å². The van der Waals surface area contributed by atoms with Gasteiger partial charge in [0.2, 0.25) is 0 Å². The number of hydrogen-bond donors (Lipinski definition) is 3. The van der Waals surface area contributed by atoms with Gasteiger partial charge in [0.15, 0.2) is 0 Å². The van der Waals surface area contributed by atoms with Crippen molar-refractivity contribution in [3.63, 3.8) is 0 Å². The number of rotatable bonds is 6. The standard InChI is InChI=1S/C17H26N2O3/c1-22-16-7-3-4-13(11-16)8-9-18-17(21)19-12-14-5-2-6-15(20)10-14/h3-4,7,11,14-15,20H,2,5-6,8-10,12H2,1H3,(H2,18,19,21). The second kappa shape index (κ2) is 8.63. The third-order valence-corrected chi connectivity index (χ3v) is 4.14. The van der Waals surface area contributed by atoms with E-state index in [9.17, 15) is 9.90 Å². The first kappa shape index (κ1) is 16.6. The molecule has 1 aromatic carbocycles. The minimum atomic E-state index is -0.198. The minimum absolute atomic E-state index is 0.136. The van der Waals surface area contributed by atoms with Crippen molar-refractivity contribution < 1.29 is 14.6 Å². The summed E-state index contributed by atoms with van der Waals surface area (Å²) < 4.78 is 5.18. The molecule has 1 fully saturated rings. The summed E-state index contributed by atoms with van der Waals surface area (Å²) in [5, 5.41) is 15.4. The Morgan fingerprint density at radius 3 is 3.00 bits per heavy atom. The van der Waals surface area contributed by atoms with Crippen LogP contribution in [0.4, 0.5) is 4.79 Å². The van der Waals surface area contributed by atoms with E-state index in [1.165, 1.54) is 0 Å². The van der Waals surface area contributed by atoms with Gasteiger partial charge in [-0.1, -0.05) is 18.6 Å². The Hall–Kier alpha value is -1.75. The molecule has 2 unspecified atom stereocenters. The SMILES string of the molecule is COc1cccc(CCNC(=O)NCC2CCCC(O)C2)c1. The zero-order valence-corrected chi connectivity index (χ0v) is 13.2. The summed E-state index contributed by atoms with van der Waals surface area (Å²) in [7, 11) is 1.65. The predicted molar refractivity (Wildman–Crippen MR) is 86.1 cm³/mol. The fourth-order valence-corrected chi connectivity index (χ4v) is 2.90. The summed E-state index contributed by atoms with van der Waals surface area (Å²) >= 11 is 0. The van der Waals surface area contributed by atoms with Gasteiger partial charge in [-0.25, -0.2) is 4.79 Å². The highest BCUT2D eigenvalue weighted by molar-refractivity contribution is 5.73. The Morgan fingerprint density at radius 2 is 2.23 bits per heavy atom. The van der Waals surface area contributed by atoms with Gasteiger partial charge in [-0.05, 0) is 49.3 Å². The Balaban J connectivity index is 1.63. The van der Waals surface area contributed by atoms with Crippen molar-refractivity contribution in [1.29, 1.82) is 0 Å². The van der Waals surface area contributed by atoms with Crippen LogP contribution < -0.4 is 15.4 Å². The first-order valence-corrected chi connectivity index (χ1v) is 8.00. The molecule has 1 aliphatic carbocycles. The molecule has 1 aromatic rings. The molecule has 0 spiro atoms. The lowest BCUT2D eigenvalue weighted by Crippen LogP contribution is -2.40. The van der Waals surface area contributed by atoms with Crippen LogP contribution in [0.25, 0.3) is 0 Å². The van der Waals surface area contributed by atoms with Crippen LogP contribution in [0.5, 0.6) is 5.75 Å². The second-order valence-electron chi connectivity index (χ2n) is 5.92. The molecular formula is C17H26N2O3. The van der Waals surface area contributed by atoms with Crippen LogP contribution in [0.1, 0.15) is 31.2 Å². The highest BCUT2D eigenvalue weighted by Gasteiger charge is 2.20. The molecule has 22 heavy (non-hydrogen) atoms. The molecule has 0 radical (unpaired) electrons. The monoisotopic (exact) mass is 306 g/mol. The highest BCUT2D eigenvalue weighted by atomic mass is 16.5. The highest BCUT2D eigenvalue weighted by Crippen LogP contribution is 2.23. The van der Waals surface area contributed by atoms with E-state index in [2.05, 4.69) is 10.6 Å². The number of hydrogen-bond acceptors (Lipinski definition) is 3. The van der Waals surface area contributed by atoms with Crippen molar-refractivity contribution in [2.45, 2.75) is 38.2 Å². The number of aliphatic hydroxyl groups excluding tert-OH is 1. The third kappa shape index (κ3) is 5.56. The van der Waals surface area contributed by atoms with E-state index in [0.29, 0.717) is 19.0 Å². The summed E-state index contributed by atoms with van der Waals surface area (Å²) in [6.07, 6.45) is 4.39. The number of ether oxygens (including phenoxy) is 1. The average molecular weight is 306 g/mol. The smallest absolute Gasteiger partial charge is 0.314 e. The van der Waals surface area contributed by atoms with Crippen LogP contribution >= 0.6 is 0 Å². The van der Waals surface area contributed by atoms with Crippen molar-refractivity contribution in [3.8, 4) is 5.75 Å². The van der Waals surface area contributed by atoms with Gasteiger partial charge in [0.1, 0.15) is 5.75 Å². The van der Waals surface area contributed by atoms with Gasteiger partial charge < -0.3 is 20.5 Å². The molecule has 0 aromatic heterocycles. The van der Waals surface area contributed by atoms with Crippen LogP contribution in [0.3, 0.4) is 0 Å². The van der Waals surface area contributed by atoms with E-state index >= 15 is 0 Å². The number of aliphatic hydroxyl groups is 1. The number of amides is 2.